The van der Waals surface area contributed by atoms with E-state index in [1.807, 2.05) is 0 Å². The maximum atomic E-state index is 12.9. The molecule has 2 nitrogen and oxygen atoms in total. The SMILES string of the molecule is CCCCCCCC[O][Sn](=[O])[CH2]C(F)C(F)CF. The van der Waals surface area contributed by atoms with Gasteiger partial charge in [-0.1, -0.05) is 0 Å². The van der Waals surface area contributed by atoms with Crippen molar-refractivity contribution in [3.05, 3.63) is 0 Å². The van der Waals surface area contributed by atoms with E-state index in [0.717, 1.165) is 19.3 Å². The topological polar surface area (TPSA) is 26.3 Å². The zero-order valence-corrected chi connectivity index (χ0v) is 13.8. The van der Waals surface area contributed by atoms with Crippen LogP contribution in [-0.2, 0) is 6.15 Å². The summed E-state index contributed by atoms with van der Waals surface area (Å²) in [4.78, 5) is 0. The fourth-order valence-corrected chi connectivity index (χ4v) is 4.55. The summed E-state index contributed by atoms with van der Waals surface area (Å²) in [5.74, 6) is 0. The van der Waals surface area contributed by atoms with Crippen LogP contribution in [0.3, 0.4) is 0 Å². The van der Waals surface area contributed by atoms with Crippen molar-refractivity contribution < 1.29 is 19.3 Å². The Morgan fingerprint density at radius 3 is 2.28 bits per heavy atom. The molecule has 6 heteroatoms. The molecule has 18 heavy (non-hydrogen) atoms. The van der Waals surface area contributed by atoms with Gasteiger partial charge >= 0.3 is 115 Å². The summed E-state index contributed by atoms with van der Waals surface area (Å²) >= 11 is -3.48. The van der Waals surface area contributed by atoms with E-state index in [4.69, 9.17) is 3.07 Å². The molecule has 0 amide bonds. The van der Waals surface area contributed by atoms with Crippen molar-refractivity contribution in [2.75, 3.05) is 13.3 Å². The van der Waals surface area contributed by atoms with E-state index in [1.165, 1.54) is 19.3 Å². The Kier molecular flexibility index (Phi) is 12.6. The van der Waals surface area contributed by atoms with Crippen LogP contribution in [0.25, 0.3) is 0 Å². The summed E-state index contributed by atoms with van der Waals surface area (Å²) < 4.78 is 53.2. The zero-order chi connectivity index (χ0) is 13.8. The van der Waals surface area contributed by atoms with Gasteiger partial charge in [0.2, 0.25) is 0 Å². The molecule has 0 spiro atoms. The first-order chi connectivity index (χ1) is 8.61. The Bertz CT molecular complexity index is 217. The molecule has 0 aromatic heterocycles. The number of hydrogen-bond acceptors (Lipinski definition) is 2. The molecule has 0 aliphatic rings. The van der Waals surface area contributed by atoms with Gasteiger partial charge in [0.25, 0.3) is 0 Å². The van der Waals surface area contributed by atoms with Crippen molar-refractivity contribution in [2.45, 2.75) is 62.2 Å². The zero-order valence-electron chi connectivity index (χ0n) is 11.0. The van der Waals surface area contributed by atoms with E-state index in [9.17, 15) is 16.2 Å². The monoisotopic (exact) mass is 376 g/mol. The predicted molar refractivity (Wildman–Crippen MR) is 66.3 cm³/mol. The number of rotatable bonds is 12. The molecule has 2 atom stereocenters. The molecule has 2 unspecified atom stereocenters. The Hall–Kier alpha value is 0.349. The molecular formula is C12H23F3O2Sn. The summed E-state index contributed by atoms with van der Waals surface area (Å²) in [5, 5.41) is 0. The second-order valence-electron chi connectivity index (χ2n) is 4.38. The summed E-state index contributed by atoms with van der Waals surface area (Å²) in [7, 11) is 0. The fourth-order valence-electron chi connectivity index (χ4n) is 1.51. The number of unbranched alkanes of at least 4 members (excludes halogenated alkanes) is 5. The molecule has 0 saturated carbocycles. The van der Waals surface area contributed by atoms with Gasteiger partial charge in [0.15, 0.2) is 0 Å². The predicted octanol–water partition coefficient (Wildman–Crippen LogP) is 3.93. The molecule has 0 saturated heterocycles. The average Bonchev–Trinajstić information content (AvgIpc) is 2.36. The van der Waals surface area contributed by atoms with Crippen LogP contribution in [0.1, 0.15) is 45.4 Å². The molecular weight excluding hydrogens is 352 g/mol. The van der Waals surface area contributed by atoms with Crippen LogP contribution in [0.5, 0.6) is 0 Å². The maximum absolute atomic E-state index is 12.9. The molecule has 0 rings (SSSR count). The molecule has 0 aliphatic heterocycles. The van der Waals surface area contributed by atoms with Crippen LogP contribution < -0.4 is 0 Å². The summed E-state index contributed by atoms with van der Waals surface area (Å²) in [6.07, 6.45) is 2.38. The number of halogens is 3. The third kappa shape index (κ3) is 10.3. The van der Waals surface area contributed by atoms with Gasteiger partial charge in [0.05, 0.1) is 0 Å². The van der Waals surface area contributed by atoms with Crippen molar-refractivity contribution >= 4 is 20.2 Å². The molecule has 0 fully saturated rings. The average molecular weight is 375 g/mol. The van der Waals surface area contributed by atoms with Crippen molar-refractivity contribution in [3.8, 4) is 0 Å². The Labute approximate surface area is 115 Å². The van der Waals surface area contributed by atoms with E-state index in [1.54, 1.807) is 0 Å². The summed E-state index contributed by atoms with van der Waals surface area (Å²) in [6, 6.07) is 0. The van der Waals surface area contributed by atoms with Gasteiger partial charge in [0.1, 0.15) is 0 Å². The van der Waals surface area contributed by atoms with Crippen molar-refractivity contribution in [1.29, 1.82) is 0 Å². The molecule has 0 aromatic carbocycles. The van der Waals surface area contributed by atoms with E-state index < -0.39 is 43.6 Å². The number of hydrogen-bond donors (Lipinski definition) is 0. The molecule has 0 bridgehead atoms. The van der Waals surface area contributed by atoms with Crippen molar-refractivity contribution in [3.63, 3.8) is 0 Å². The van der Waals surface area contributed by atoms with Crippen LogP contribution in [-0.4, -0.2) is 45.8 Å². The van der Waals surface area contributed by atoms with Gasteiger partial charge in [-0.3, -0.25) is 0 Å². The Balaban J connectivity index is 3.42. The second kappa shape index (κ2) is 12.4. The first kappa shape index (κ1) is 18.3. The molecule has 0 heterocycles. The van der Waals surface area contributed by atoms with E-state index in [-0.39, 0.29) is 0 Å². The van der Waals surface area contributed by atoms with E-state index >= 15 is 0 Å². The Morgan fingerprint density at radius 1 is 1.06 bits per heavy atom. The van der Waals surface area contributed by atoms with Crippen molar-refractivity contribution in [2.24, 2.45) is 0 Å². The third-order valence-corrected chi connectivity index (χ3v) is 6.23. The molecule has 0 aliphatic carbocycles. The van der Waals surface area contributed by atoms with Crippen LogP contribution in [0, 0.1) is 0 Å². The van der Waals surface area contributed by atoms with Crippen LogP contribution >= 0.6 is 0 Å². The van der Waals surface area contributed by atoms with Gasteiger partial charge < -0.3 is 0 Å². The van der Waals surface area contributed by atoms with Gasteiger partial charge in [0, 0.05) is 0 Å². The summed E-state index contributed by atoms with van der Waals surface area (Å²) in [6.45, 7) is 1.13. The molecule has 0 radical (unpaired) electrons. The minimum absolute atomic E-state index is 0.351. The summed E-state index contributed by atoms with van der Waals surface area (Å²) in [5.41, 5.74) is 0. The van der Waals surface area contributed by atoms with Crippen LogP contribution in [0.2, 0.25) is 4.44 Å². The van der Waals surface area contributed by atoms with E-state index in [2.05, 4.69) is 6.92 Å². The first-order valence-corrected chi connectivity index (χ1v) is 11.0. The molecule has 0 aromatic rings. The van der Waals surface area contributed by atoms with Gasteiger partial charge in [-0.25, -0.2) is 0 Å². The fraction of sp³-hybridized carbons (Fsp3) is 1.00. The van der Waals surface area contributed by atoms with Gasteiger partial charge in [-0.05, 0) is 0 Å². The third-order valence-electron chi connectivity index (χ3n) is 2.66. The van der Waals surface area contributed by atoms with Gasteiger partial charge in [-0.2, -0.15) is 0 Å². The first-order valence-electron chi connectivity index (χ1n) is 6.61. The van der Waals surface area contributed by atoms with E-state index in [0.29, 0.717) is 6.61 Å². The molecule has 0 N–H and O–H groups in total. The van der Waals surface area contributed by atoms with Gasteiger partial charge in [-0.15, -0.1) is 0 Å². The van der Waals surface area contributed by atoms with Crippen molar-refractivity contribution in [1.82, 2.24) is 0 Å². The minimum atomic E-state index is -3.48. The Morgan fingerprint density at radius 2 is 1.67 bits per heavy atom. The van der Waals surface area contributed by atoms with Crippen LogP contribution in [0.15, 0.2) is 0 Å². The standard InChI is InChI=1S/C8H17O.C4H6F3.O.Sn/c1-2-3-4-5-6-7-8-9;1-3(6)4(7)2-5;;/h2-8H2,1H3;3-4H,1-2H2;;/q-1;;;+1. The number of alkyl halides is 3. The second-order valence-corrected chi connectivity index (χ2v) is 8.49. The van der Waals surface area contributed by atoms with Crippen LogP contribution in [0.4, 0.5) is 13.2 Å². The quantitative estimate of drug-likeness (QED) is 0.382. The normalized spacial score (nSPS) is 14.4. The molecule has 108 valence electrons.